The molecule has 5 heteroatoms. The fourth-order valence-corrected chi connectivity index (χ4v) is 3.68. The Bertz CT molecular complexity index is 911. The van der Waals surface area contributed by atoms with Gasteiger partial charge >= 0.3 is 0 Å². The Morgan fingerprint density at radius 2 is 1.87 bits per heavy atom. The quantitative estimate of drug-likeness (QED) is 0.800. The summed E-state index contributed by atoms with van der Waals surface area (Å²) in [5.74, 6) is -0.158. The summed E-state index contributed by atoms with van der Waals surface area (Å²) in [5, 5.41) is 3.63. The second-order valence-corrected chi connectivity index (χ2v) is 6.64. The van der Waals surface area contributed by atoms with Crippen LogP contribution < -0.4 is 10.9 Å². The number of carbonyl (C=O) groups is 1. The van der Waals surface area contributed by atoms with Crippen LogP contribution in [0.15, 0.2) is 53.3 Å². The van der Waals surface area contributed by atoms with Gasteiger partial charge in [0.15, 0.2) is 0 Å². The molecule has 118 valence electrons. The highest BCUT2D eigenvalue weighted by molar-refractivity contribution is 7.13. The van der Waals surface area contributed by atoms with Gasteiger partial charge in [-0.1, -0.05) is 47.9 Å². The molecule has 3 aromatic rings. The monoisotopic (exact) mass is 326 g/mol. The average molecular weight is 326 g/mol. The molecule has 0 aliphatic heterocycles. The van der Waals surface area contributed by atoms with Crippen molar-refractivity contribution in [3.63, 3.8) is 0 Å². The molecule has 0 fully saturated rings. The van der Waals surface area contributed by atoms with Crippen molar-refractivity contribution >= 4 is 27.5 Å². The maximum Gasteiger partial charge on any atom is 0.268 e. The predicted octanol–water partition coefficient (Wildman–Crippen LogP) is 3.25. The molecule has 3 rings (SSSR count). The summed E-state index contributed by atoms with van der Waals surface area (Å²) in [5.41, 5.74) is 2.12. The van der Waals surface area contributed by atoms with Crippen LogP contribution in [0.1, 0.15) is 24.1 Å². The third-order valence-corrected chi connectivity index (χ3v) is 4.94. The lowest BCUT2D eigenvalue weighted by atomic mass is 10.0. The lowest BCUT2D eigenvalue weighted by molar-refractivity contribution is -0.122. The van der Waals surface area contributed by atoms with Gasteiger partial charge in [0.05, 0.1) is 16.1 Å². The molecule has 0 unspecified atom stereocenters. The van der Waals surface area contributed by atoms with Crippen molar-refractivity contribution in [2.75, 3.05) is 0 Å². The summed E-state index contributed by atoms with van der Waals surface area (Å²) < 4.78 is 2.40. The summed E-state index contributed by atoms with van der Waals surface area (Å²) in [4.78, 5) is 24.5. The molecule has 0 spiro atoms. The Morgan fingerprint density at radius 1 is 1.17 bits per heavy atom. The van der Waals surface area contributed by atoms with Crippen molar-refractivity contribution in [3.05, 3.63) is 70.0 Å². The number of rotatable bonds is 4. The fourth-order valence-electron chi connectivity index (χ4n) is 2.69. The Morgan fingerprint density at radius 3 is 2.61 bits per heavy atom. The van der Waals surface area contributed by atoms with Crippen LogP contribution in [0.4, 0.5) is 0 Å². The molecule has 0 saturated heterocycles. The number of nitrogens with one attached hydrogen (secondary N) is 1. The Kier molecular flexibility index (Phi) is 4.30. The largest absolute Gasteiger partial charge is 0.348 e. The highest BCUT2D eigenvalue weighted by Gasteiger charge is 2.14. The first-order valence-electron chi connectivity index (χ1n) is 7.50. The molecule has 23 heavy (non-hydrogen) atoms. The molecule has 4 nitrogen and oxygen atoms in total. The van der Waals surface area contributed by atoms with E-state index in [0.717, 1.165) is 15.8 Å². The second kappa shape index (κ2) is 6.38. The van der Waals surface area contributed by atoms with Gasteiger partial charge in [-0.15, -0.1) is 0 Å². The number of carbonyl (C=O) groups excluding carboxylic acids is 1. The molecule has 0 aliphatic rings. The fraction of sp³-hybridized carbons (Fsp3) is 0.222. The van der Waals surface area contributed by atoms with Gasteiger partial charge in [-0.3, -0.25) is 13.5 Å². The molecule has 1 aromatic heterocycles. The van der Waals surface area contributed by atoms with Gasteiger partial charge < -0.3 is 5.32 Å². The van der Waals surface area contributed by atoms with E-state index in [2.05, 4.69) is 5.32 Å². The number of hydrogen-bond donors (Lipinski definition) is 1. The number of nitrogens with zero attached hydrogens (tertiary/aromatic N) is 1. The first-order chi connectivity index (χ1) is 11.1. The maximum absolute atomic E-state index is 12.3. The summed E-state index contributed by atoms with van der Waals surface area (Å²) in [6, 6.07) is 15.3. The first kappa shape index (κ1) is 15.5. The van der Waals surface area contributed by atoms with Crippen LogP contribution in [0, 0.1) is 6.92 Å². The maximum atomic E-state index is 12.3. The molecule has 1 atom stereocenters. The second-order valence-electron chi connectivity index (χ2n) is 5.58. The van der Waals surface area contributed by atoms with Gasteiger partial charge in [-0.05, 0) is 37.1 Å². The van der Waals surface area contributed by atoms with Crippen LogP contribution >= 0.6 is 11.5 Å². The molecule has 1 N–H and O–H groups in total. The van der Waals surface area contributed by atoms with Crippen molar-refractivity contribution in [1.82, 2.24) is 9.27 Å². The van der Waals surface area contributed by atoms with Crippen molar-refractivity contribution in [2.24, 2.45) is 0 Å². The third kappa shape index (κ3) is 3.19. The van der Waals surface area contributed by atoms with Crippen molar-refractivity contribution in [3.8, 4) is 0 Å². The molecule has 0 bridgehead atoms. The van der Waals surface area contributed by atoms with Gasteiger partial charge in [0.2, 0.25) is 5.91 Å². The number of aromatic nitrogens is 1. The van der Waals surface area contributed by atoms with Crippen molar-refractivity contribution in [1.29, 1.82) is 0 Å². The van der Waals surface area contributed by atoms with E-state index < -0.39 is 0 Å². The van der Waals surface area contributed by atoms with Crippen LogP contribution in [0.3, 0.4) is 0 Å². The molecular formula is C18H18N2O2S. The number of hydrogen-bond acceptors (Lipinski definition) is 3. The zero-order valence-electron chi connectivity index (χ0n) is 13.1. The lowest BCUT2D eigenvalue weighted by Gasteiger charge is -2.16. The first-order valence-corrected chi connectivity index (χ1v) is 8.27. The Labute approximate surface area is 138 Å². The van der Waals surface area contributed by atoms with Crippen LogP contribution in [0.2, 0.25) is 0 Å². The van der Waals surface area contributed by atoms with E-state index in [0.29, 0.717) is 5.39 Å². The van der Waals surface area contributed by atoms with Crippen LogP contribution in [0.5, 0.6) is 0 Å². The van der Waals surface area contributed by atoms with Gasteiger partial charge in [-0.25, -0.2) is 0 Å². The van der Waals surface area contributed by atoms with Crippen LogP contribution in [-0.4, -0.2) is 9.86 Å². The van der Waals surface area contributed by atoms with Gasteiger partial charge in [-0.2, -0.15) is 0 Å². The molecule has 1 heterocycles. The van der Waals surface area contributed by atoms with E-state index >= 15 is 0 Å². The minimum Gasteiger partial charge on any atom is -0.348 e. The molecule has 1 amide bonds. The highest BCUT2D eigenvalue weighted by Crippen LogP contribution is 2.18. The molecular weight excluding hydrogens is 308 g/mol. The summed E-state index contributed by atoms with van der Waals surface area (Å²) in [7, 11) is 0. The number of fused-ring (bicyclic) bond motifs is 1. The molecule has 0 radical (unpaired) electrons. The summed E-state index contributed by atoms with van der Waals surface area (Å²) in [6.07, 6.45) is 0. The summed E-state index contributed by atoms with van der Waals surface area (Å²) >= 11 is 1.32. The van der Waals surface area contributed by atoms with Crippen LogP contribution in [0.25, 0.3) is 10.1 Å². The molecule has 2 aromatic carbocycles. The minimum atomic E-state index is -0.158. The average Bonchev–Trinajstić information content (AvgIpc) is 2.84. The Balaban J connectivity index is 1.75. The minimum absolute atomic E-state index is 0.0500. The number of benzene rings is 2. The van der Waals surface area contributed by atoms with Crippen LogP contribution in [-0.2, 0) is 11.3 Å². The van der Waals surface area contributed by atoms with Crippen molar-refractivity contribution in [2.45, 2.75) is 26.4 Å². The van der Waals surface area contributed by atoms with Gasteiger partial charge in [0, 0.05) is 0 Å². The Hall–Kier alpha value is -2.40. The standard InChI is InChI=1S/C18H18N2O2S/c1-12-7-3-4-8-14(12)13(2)19-17(21)11-20-18(22)15-9-5-6-10-16(15)23-20/h3-10,13H,11H2,1-2H3,(H,19,21)/t13-/m0/s1. The van der Waals surface area contributed by atoms with E-state index in [9.17, 15) is 9.59 Å². The number of aryl methyl sites for hydroxylation is 1. The topological polar surface area (TPSA) is 51.1 Å². The normalized spacial score (nSPS) is 12.3. The van der Waals surface area contributed by atoms with E-state index in [1.165, 1.54) is 15.5 Å². The zero-order valence-corrected chi connectivity index (χ0v) is 13.9. The predicted molar refractivity (Wildman–Crippen MR) is 93.8 cm³/mol. The van der Waals surface area contributed by atoms with E-state index in [-0.39, 0.29) is 24.1 Å². The smallest absolute Gasteiger partial charge is 0.268 e. The van der Waals surface area contributed by atoms with Crippen molar-refractivity contribution < 1.29 is 4.79 Å². The van der Waals surface area contributed by atoms with E-state index in [1.54, 1.807) is 6.07 Å². The van der Waals surface area contributed by atoms with Gasteiger partial charge in [0.25, 0.3) is 5.56 Å². The van der Waals surface area contributed by atoms with Gasteiger partial charge in [0.1, 0.15) is 6.54 Å². The number of amides is 1. The highest BCUT2D eigenvalue weighted by atomic mass is 32.1. The molecule has 0 saturated carbocycles. The van der Waals surface area contributed by atoms with E-state index in [4.69, 9.17) is 0 Å². The lowest BCUT2D eigenvalue weighted by Crippen LogP contribution is -2.32. The van der Waals surface area contributed by atoms with E-state index in [1.807, 2.05) is 56.3 Å². The third-order valence-electron chi connectivity index (χ3n) is 3.87. The SMILES string of the molecule is Cc1ccccc1[C@H](C)NC(=O)Cn1sc2ccccc2c1=O. The summed E-state index contributed by atoms with van der Waals surface area (Å²) in [6.45, 7) is 4.02. The zero-order chi connectivity index (χ0) is 16.4. The molecule has 0 aliphatic carbocycles.